The van der Waals surface area contributed by atoms with Gasteiger partial charge in [0.25, 0.3) is 0 Å². The van der Waals surface area contributed by atoms with E-state index in [-0.39, 0.29) is 5.41 Å². The lowest BCUT2D eigenvalue weighted by Crippen LogP contribution is -2.15. The SMILES string of the molecule is CC1(C)c2ccccc2-c2ccc(-c3nc(-c4ccc(-c5ccccc5)cc4)nc(-c4ccc(-n5c6ccccc6c6c7ccccc7ccc65)c5oc6ccccc6c45)n3)cc21. The highest BCUT2D eigenvalue weighted by Gasteiger charge is 2.35. The van der Waals surface area contributed by atoms with Crippen molar-refractivity contribution in [2.24, 2.45) is 0 Å². The topological polar surface area (TPSA) is 56.7 Å². The maximum Gasteiger partial charge on any atom is 0.164 e. The number of rotatable bonds is 5. The third kappa shape index (κ3) is 5.33. The van der Waals surface area contributed by atoms with Gasteiger partial charge in [-0.15, -0.1) is 0 Å². The zero-order valence-corrected chi connectivity index (χ0v) is 34.7. The molecule has 1 aliphatic rings. The summed E-state index contributed by atoms with van der Waals surface area (Å²) in [4.78, 5) is 16.0. The van der Waals surface area contributed by atoms with Crippen LogP contribution in [0.15, 0.2) is 199 Å². The van der Waals surface area contributed by atoms with Crippen LogP contribution >= 0.6 is 0 Å². The second-order valence-corrected chi connectivity index (χ2v) is 17.1. The number of benzene rings is 9. The molecule has 0 amide bonds. The van der Waals surface area contributed by atoms with E-state index in [1.165, 1.54) is 43.8 Å². The average Bonchev–Trinajstić information content (AvgIpc) is 3.97. The van der Waals surface area contributed by atoms with E-state index in [1.807, 2.05) is 18.2 Å². The molecular formula is C58H38N4O. The molecule has 0 radical (unpaired) electrons. The molecule has 0 bridgehead atoms. The van der Waals surface area contributed by atoms with Crippen molar-refractivity contribution in [1.82, 2.24) is 19.5 Å². The Hall–Kier alpha value is -8.15. The van der Waals surface area contributed by atoms with Crippen molar-refractivity contribution in [2.45, 2.75) is 19.3 Å². The Kier molecular flexibility index (Phi) is 7.58. The molecule has 12 aromatic rings. The second kappa shape index (κ2) is 13.4. The minimum Gasteiger partial charge on any atom is -0.454 e. The van der Waals surface area contributed by atoms with Crippen molar-refractivity contribution < 1.29 is 4.42 Å². The molecule has 296 valence electrons. The quantitative estimate of drug-likeness (QED) is 0.174. The van der Waals surface area contributed by atoms with Gasteiger partial charge in [0.15, 0.2) is 23.1 Å². The molecule has 5 heteroatoms. The summed E-state index contributed by atoms with van der Waals surface area (Å²) in [5.41, 5.74) is 14.8. The van der Waals surface area contributed by atoms with Gasteiger partial charge in [-0.1, -0.05) is 172 Å². The first-order valence-corrected chi connectivity index (χ1v) is 21.5. The minimum absolute atomic E-state index is 0.176. The maximum atomic E-state index is 6.95. The number of nitrogens with zero attached hydrogens (tertiary/aromatic N) is 4. The third-order valence-electron chi connectivity index (χ3n) is 13.3. The summed E-state index contributed by atoms with van der Waals surface area (Å²) in [6.45, 7) is 4.61. The predicted molar refractivity (Wildman–Crippen MR) is 258 cm³/mol. The van der Waals surface area contributed by atoms with Gasteiger partial charge in [0.1, 0.15) is 5.58 Å². The Labute approximate surface area is 363 Å². The van der Waals surface area contributed by atoms with E-state index >= 15 is 0 Å². The molecule has 0 N–H and O–H groups in total. The molecule has 9 aromatic carbocycles. The number of fused-ring (bicyclic) bond motifs is 11. The first kappa shape index (κ1) is 35.6. The molecule has 1 aliphatic carbocycles. The van der Waals surface area contributed by atoms with Crippen LogP contribution in [0.3, 0.4) is 0 Å². The Balaban J connectivity index is 1.05. The lowest BCUT2D eigenvalue weighted by Gasteiger charge is -2.21. The molecule has 0 atom stereocenters. The average molecular weight is 807 g/mol. The Bertz CT molecular complexity index is 3820. The molecule has 5 nitrogen and oxygen atoms in total. The van der Waals surface area contributed by atoms with Crippen LogP contribution in [0, 0.1) is 0 Å². The highest BCUT2D eigenvalue weighted by molar-refractivity contribution is 6.22. The largest absolute Gasteiger partial charge is 0.454 e. The zero-order chi connectivity index (χ0) is 41.8. The summed E-state index contributed by atoms with van der Waals surface area (Å²) < 4.78 is 9.31. The normalized spacial score (nSPS) is 13.0. The van der Waals surface area contributed by atoms with Crippen molar-refractivity contribution in [3.05, 3.63) is 205 Å². The van der Waals surface area contributed by atoms with Gasteiger partial charge in [0.2, 0.25) is 0 Å². The molecule has 3 heterocycles. The van der Waals surface area contributed by atoms with Crippen molar-refractivity contribution in [3.8, 4) is 62.1 Å². The van der Waals surface area contributed by atoms with Gasteiger partial charge in [-0.3, -0.25) is 0 Å². The van der Waals surface area contributed by atoms with Gasteiger partial charge >= 0.3 is 0 Å². The van der Waals surface area contributed by atoms with E-state index in [1.54, 1.807) is 0 Å². The first-order chi connectivity index (χ1) is 31.0. The van der Waals surface area contributed by atoms with Crippen LogP contribution in [0.25, 0.3) is 117 Å². The van der Waals surface area contributed by atoms with Crippen LogP contribution in [0.1, 0.15) is 25.0 Å². The van der Waals surface area contributed by atoms with Crippen LogP contribution in [0.4, 0.5) is 0 Å². The number of para-hydroxylation sites is 2. The van der Waals surface area contributed by atoms with Crippen LogP contribution in [0.2, 0.25) is 0 Å². The van der Waals surface area contributed by atoms with Crippen LogP contribution in [-0.4, -0.2) is 19.5 Å². The van der Waals surface area contributed by atoms with Crippen LogP contribution in [0.5, 0.6) is 0 Å². The van der Waals surface area contributed by atoms with Crippen LogP contribution in [-0.2, 0) is 5.41 Å². The number of aromatic nitrogens is 4. The van der Waals surface area contributed by atoms with Crippen molar-refractivity contribution in [3.63, 3.8) is 0 Å². The summed E-state index contributed by atoms with van der Waals surface area (Å²) >= 11 is 0. The van der Waals surface area contributed by atoms with E-state index in [4.69, 9.17) is 19.4 Å². The fourth-order valence-electron chi connectivity index (χ4n) is 10.2. The molecule has 63 heavy (non-hydrogen) atoms. The van der Waals surface area contributed by atoms with E-state index < -0.39 is 0 Å². The number of hydrogen-bond donors (Lipinski definition) is 0. The molecule has 0 saturated heterocycles. The molecule has 0 unspecified atom stereocenters. The Morgan fingerprint density at radius 2 is 1.03 bits per heavy atom. The number of hydrogen-bond acceptors (Lipinski definition) is 4. The highest BCUT2D eigenvalue weighted by Crippen LogP contribution is 2.50. The van der Waals surface area contributed by atoms with Crippen molar-refractivity contribution in [2.75, 3.05) is 0 Å². The Morgan fingerprint density at radius 3 is 1.89 bits per heavy atom. The monoisotopic (exact) mass is 806 g/mol. The molecule has 3 aromatic heterocycles. The van der Waals surface area contributed by atoms with Gasteiger partial charge < -0.3 is 8.98 Å². The van der Waals surface area contributed by atoms with Crippen LogP contribution < -0.4 is 0 Å². The van der Waals surface area contributed by atoms with Gasteiger partial charge in [-0.05, 0) is 80.6 Å². The molecular weight excluding hydrogens is 769 g/mol. The standard InChI is InChI=1S/C58H38N4O/c1-58(2)46-21-11-8-18-41(46)42-30-28-39(34-47(42)58)56-59-55(38-26-24-36(25-27-38)35-14-4-3-5-15-35)60-57(61-56)45-31-33-50(54-53(45)44-20-10-13-23-51(44)63-54)62-48-22-12-9-19-43(48)52-40-17-7-6-16-37(40)29-32-49(52)62/h3-34H,1-2H3. The van der Waals surface area contributed by atoms with E-state index in [9.17, 15) is 0 Å². The summed E-state index contributed by atoms with van der Waals surface area (Å²) in [7, 11) is 0. The first-order valence-electron chi connectivity index (χ1n) is 21.5. The van der Waals surface area contributed by atoms with E-state index in [0.717, 1.165) is 66.5 Å². The summed E-state index contributed by atoms with van der Waals surface area (Å²) in [6, 6.07) is 68.8. The van der Waals surface area contributed by atoms with Gasteiger partial charge in [0.05, 0.1) is 16.7 Å². The maximum absolute atomic E-state index is 6.95. The summed E-state index contributed by atoms with van der Waals surface area (Å²) in [6.07, 6.45) is 0. The lowest BCUT2D eigenvalue weighted by molar-refractivity contribution is 0.660. The van der Waals surface area contributed by atoms with Gasteiger partial charge in [-0.25, -0.2) is 15.0 Å². The fraction of sp³-hybridized carbons (Fsp3) is 0.0517. The smallest absolute Gasteiger partial charge is 0.164 e. The predicted octanol–water partition coefficient (Wildman–Crippen LogP) is 15.0. The minimum atomic E-state index is -0.176. The Morgan fingerprint density at radius 1 is 0.413 bits per heavy atom. The van der Waals surface area contributed by atoms with Crippen molar-refractivity contribution in [1.29, 1.82) is 0 Å². The van der Waals surface area contributed by atoms with Gasteiger partial charge in [0, 0.05) is 43.7 Å². The third-order valence-corrected chi connectivity index (χ3v) is 13.3. The lowest BCUT2D eigenvalue weighted by atomic mass is 9.82. The second-order valence-electron chi connectivity index (χ2n) is 17.1. The number of furan rings is 1. The zero-order valence-electron chi connectivity index (χ0n) is 34.7. The molecule has 13 rings (SSSR count). The van der Waals surface area contributed by atoms with E-state index in [0.29, 0.717) is 17.5 Å². The highest BCUT2D eigenvalue weighted by atomic mass is 16.3. The van der Waals surface area contributed by atoms with Gasteiger partial charge in [-0.2, -0.15) is 0 Å². The molecule has 0 spiro atoms. The molecule has 0 aliphatic heterocycles. The summed E-state index contributed by atoms with van der Waals surface area (Å²) in [5, 5.41) is 6.82. The molecule has 0 fully saturated rings. The summed E-state index contributed by atoms with van der Waals surface area (Å²) in [5.74, 6) is 1.81. The van der Waals surface area contributed by atoms with E-state index in [2.05, 4.69) is 194 Å². The van der Waals surface area contributed by atoms with Crippen molar-refractivity contribution >= 4 is 54.5 Å². The fourth-order valence-corrected chi connectivity index (χ4v) is 10.2. The molecule has 0 saturated carbocycles.